The van der Waals surface area contributed by atoms with Crippen LogP contribution in [0.4, 0.5) is 0 Å². The van der Waals surface area contributed by atoms with Crippen LogP contribution in [0.15, 0.2) is 0 Å². The molecule has 92 valence electrons. The van der Waals surface area contributed by atoms with E-state index in [-0.39, 0.29) is 13.2 Å². The summed E-state index contributed by atoms with van der Waals surface area (Å²) in [5.41, 5.74) is 0. The van der Waals surface area contributed by atoms with Crippen LogP contribution in [0, 0.1) is 5.90 Å². The Balaban J connectivity index is 4.68. The number of halogens is 1. The van der Waals surface area contributed by atoms with Gasteiger partial charge in [0.25, 0.3) is 0 Å². The summed E-state index contributed by atoms with van der Waals surface area (Å²) in [4.78, 5) is 0. The Kier molecular flexibility index (Phi) is 6.65. The van der Waals surface area contributed by atoms with E-state index in [2.05, 4.69) is 0 Å². The molecule has 0 fully saturated rings. The highest BCUT2D eigenvalue weighted by Gasteiger charge is 2.24. The molecular formula is C7H17ClNO4P2-. The van der Waals surface area contributed by atoms with Crippen LogP contribution in [0.3, 0.4) is 0 Å². The molecule has 0 saturated heterocycles. The van der Waals surface area contributed by atoms with E-state index >= 15 is 0 Å². The molecular weight excluding hydrogens is 259 g/mol. The van der Waals surface area contributed by atoms with Crippen LogP contribution in [0.2, 0.25) is 0 Å². The van der Waals surface area contributed by atoms with Crippen LogP contribution >= 0.6 is 25.5 Å². The van der Waals surface area contributed by atoms with Gasteiger partial charge in [-0.3, -0.25) is 9.24 Å². The van der Waals surface area contributed by atoms with Crippen molar-refractivity contribution in [3.05, 3.63) is 5.90 Å². The van der Waals surface area contributed by atoms with E-state index in [9.17, 15) is 9.13 Å². The monoisotopic (exact) mass is 276 g/mol. The maximum absolute atomic E-state index is 11.9. The summed E-state index contributed by atoms with van der Waals surface area (Å²) in [6, 6.07) is 0. The second kappa shape index (κ2) is 6.39. The van der Waals surface area contributed by atoms with Gasteiger partial charge in [0, 0.05) is 0 Å². The molecule has 0 N–H and O–H groups in total. The summed E-state index contributed by atoms with van der Waals surface area (Å²) in [5.74, 6) is 0.981. The molecule has 0 aromatic heterocycles. The summed E-state index contributed by atoms with van der Waals surface area (Å²) >= 11 is 5.72. The van der Waals surface area contributed by atoms with Crippen molar-refractivity contribution >= 4 is 25.5 Å². The molecule has 0 spiro atoms. The van der Waals surface area contributed by atoms with Gasteiger partial charge in [0.2, 0.25) is 0 Å². The highest BCUT2D eigenvalue weighted by molar-refractivity contribution is 7.95. The van der Waals surface area contributed by atoms with Gasteiger partial charge in [0.05, 0.1) is 13.2 Å². The van der Waals surface area contributed by atoms with Crippen molar-refractivity contribution in [2.45, 2.75) is 13.8 Å². The molecule has 8 heteroatoms. The first-order valence-corrected chi connectivity index (χ1v) is 8.75. The van der Waals surface area contributed by atoms with E-state index in [1.807, 2.05) is 0 Å². The summed E-state index contributed by atoms with van der Waals surface area (Å²) in [6.07, 6.45) is 0. The first kappa shape index (κ1) is 15.6. The van der Waals surface area contributed by atoms with Gasteiger partial charge in [-0.2, -0.15) is 0 Å². The molecule has 0 bridgehead atoms. The molecule has 0 heterocycles. The average molecular weight is 277 g/mol. The second-order valence-electron chi connectivity index (χ2n) is 2.88. The molecule has 1 atom stereocenters. The zero-order chi connectivity index (χ0) is 12.1. The number of rotatable bonds is 7. The summed E-state index contributed by atoms with van der Waals surface area (Å²) < 4.78 is 34.9. The molecule has 0 saturated carbocycles. The third-order valence-corrected chi connectivity index (χ3v) is 7.74. The molecule has 0 radical (unpaired) electrons. The van der Waals surface area contributed by atoms with Gasteiger partial charge in [-0.05, 0) is 27.9 Å². The van der Waals surface area contributed by atoms with E-state index in [1.54, 1.807) is 13.8 Å². The topological polar surface area (TPSA) is 55.8 Å². The van der Waals surface area contributed by atoms with Gasteiger partial charge in [-0.15, -0.1) is 5.90 Å². The van der Waals surface area contributed by atoms with Crippen molar-refractivity contribution in [2.24, 2.45) is 0 Å². The molecule has 0 aromatic carbocycles. The van der Waals surface area contributed by atoms with Gasteiger partial charge in [0.1, 0.15) is 6.65 Å². The van der Waals surface area contributed by atoms with Crippen molar-refractivity contribution in [1.29, 1.82) is 0 Å². The van der Waals surface area contributed by atoms with E-state index in [1.165, 1.54) is 18.8 Å². The van der Waals surface area contributed by atoms with E-state index in [4.69, 9.17) is 20.3 Å². The maximum Gasteiger partial charge on any atom is 0.196 e. The summed E-state index contributed by atoms with van der Waals surface area (Å²) in [7, 11) is -0.388. The Bertz CT molecular complexity index is 274. The lowest BCUT2D eigenvalue weighted by molar-refractivity contribution is 0.227. The molecule has 1 unspecified atom stereocenters. The van der Waals surface area contributed by atoms with Crippen LogP contribution in [0.5, 0.6) is 0 Å². The molecule has 0 rings (SSSR count). The zero-order valence-electron chi connectivity index (χ0n) is 9.34. The van der Waals surface area contributed by atoms with E-state index in [0.29, 0.717) is 0 Å². The quantitative estimate of drug-likeness (QED) is 0.527. The predicted molar refractivity (Wildman–Crippen MR) is 62.3 cm³/mol. The minimum Gasteiger partial charge on any atom is -0.331 e. The van der Waals surface area contributed by atoms with E-state index in [0.717, 1.165) is 5.90 Å². The van der Waals surface area contributed by atoms with Crippen molar-refractivity contribution in [1.82, 2.24) is 4.67 Å². The summed E-state index contributed by atoms with van der Waals surface area (Å²) in [5, 5.41) is 0. The fourth-order valence-electron chi connectivity index (χ4n) is 0.742. The van der Waals surface area contributed by atoms with E-state index < -0.39 is 14.2 Å². The molecule has 0 aliphatic carbocycles. The normalized spacial score (nSPS) is 16.7. The second-order valence-corrected chi connectivity index (χ2v) is 8.75. The number of nitrogens with zero attached hydrogens (tertiary/aromatic N) is 1. The maximum atomic E-state index is 11.9. The Morgan fingerprint density at radius 2 is 1.60 bits per heavy atom. The Labute approximate surface area is 95.8 Å². The minimum absolute atomic E-state index is 0.206. The first-order chi connectivity index (χ1) is 6.77. The Morgan fingerprint density at radius 3 is 1.87 bits per heavy atom. The molecule has 5 nitrogen and oxygen atoms in total. The number of hydrogen-bond donors (Lipinski definition) is 0. The van der Waals surface area contributed by atoms with Crippen LogP contribution in [0.1, 0.15) is 13.8 Å². The Hall–Kier alpha value is 0.630. The molecule has 0 aliphatic heterocycles. The third-order valence-electron chi connectivity index (χ3n) is 1.45. The van der Waals surface area contributed by atoms with Gasteiger partial charge < -0.3 is 13.6 Å². The number of hydrogen-bond acceptors (Lipinski definition) is 4. The lowest BCUT2D eigenvalue weighted by atomic mass is 10.9. The molecule has 0 amide bonds. The van der Waals surface area contributed by atoms with Crippen molar-refractivity contribution in [3.8, 4) is 0 Å². The molecule has 0 aliphatic rings. The lowest BCUT2D eigenvalue weighted by Gasteiger charge is -2.32. The average Bonchev–Trinajstić information content (AvgIpc) is 2.02. The predicted octanol–water partition coefficient (Wildman–Crippen LogP) is 3.37. The largest absolute Gasteiger partial charge is 0.331 e. The fourth-order valence-corrected chi connectivity index (χ4v) is 5.25. The fraction of sp³-hybridized carbons (Fsp3) is 0.857. The standard InChI is InChI=1S/C7H17ClNO4P2/c1-5-12-15(11,13-6-2)7-14(8,10)9(3)4/h7H,5-6H2,1-4H3/q-1. The molecule has 15 heavy (non-hydrogen) atoms. The summed E-state index contributed by atoms with van der Waals surface area (Å²) in [6.45, 7) is 0.485. The highest BCUT2D eigenvalue weighted by Crippen LogP contribution is 2.70. The lowest BCUT2D eigenvalue weighted by Crippen LogP contribution is -2.06. The van der Waals surface area contributed by atoms with Crippen LogP contribution in [-0.2, 0) is 18.2 Å². The minimum atomic E-state index is -3.46. The van der Waals surface area contributed by atoms with Crippen LogP contribution < -0.4 is 0 Å². The third kappa shape index (κ3) is 5.48. The Morgan fingerprint density at radius 1 is 1.20 bits per heavy atom. The van der Waals surface area contributed by atoms with Gasteiger partial charge in [0.15, 0.2) is 7.60 Å². The zero-order valence-corrected chi connectivity index (χ0v) is 11.9. The van der Waals surface area contributed by atoms with Gasteiger partial charge in [-0.25, -0.2) is 0 Å². The van der Waals surface area contributed by atoms with Crippen molar-refractivity contribution in [3.63, 3.8) is 0 Å². The van der Waals surface area contributed by atoms with Crippen LogP contribution in [-0.4, -0.2) is 32.0 Å². The van der Waals surface area contributed by atoms with Gasteiger partial charge >= 0.3 is 0 Å². The first-order valence-electron chi connectivity index (χ1n) is 4.50. The van der Waals surface area contributed by atoms with Crippen LogP contribution in [0.25, 0.3) is 0 Å². The van der Waals surface area contributed by atoms with Gasteiger partial charge in [-0.1, -0.05) is 11.2 Å². The smallest absolute Gasteiger partial charge is 0.196 e. The van der Waals surface area contributed by atoms with Crippen molar-refractivity contribution in [2.75, 3.05) is 27.3 Å². The SMILES string of the molecule is CCOP(=O)([CH-]P(=O)(Cl)N(C)C)OCC. The highest BCUT2D eigenvalue weighted by atomic mass is 35.7. The van der Waals surface area contributed by atoms with Crippen molar-refractivity contribution < 1.29 is 18.2 Å². The molecule has 0 aromatic rings.